The van der Waals surface area contributed by atoms with Gasteiger partial charge >= 0.3 is 0 Å². The molecule has 0 bridgehead atoms. The Kier molecular flexibility index (Phi) is 4.29. The summed E-state index contributed by atoms with van der Waals surface area (Å²) in [5, 5.41) is 10.6. The fourth-order valence-corrected chi connectivity index (χ4v) is 4.26. The monoisotopic (exact) mass is 282 g/mol. The van der Waals surface area contributed by atoms with E-state index in [0.717, 1.165) is 25.9 Å². The predicted octanol–water partition coefficient (Wildman–Crippen LogP) is 3.97. The van der Waals surface area contributed by atoms with Gasteiger partial charge in [-0.3, -0.25) is 0 Å². The van der Waals surface area contributed by atoms with E-state index in [0.29, 0.717) is 17.8 Å². The quantitative estimate of drug-likeness (QED) is 0.627. The van der Waals surface area contributed by atoms with Crippen LogP contribution in [-0.4, -0.2) is 26.1 Å². The van der Waals surface area contributed by atoms with Crippen molar-refractivity contribution < 1.29 is 9.53 Å². The van der Waals surface area contributed by atoms with Gasteiger partial charge in [0.1, 0.15) is 0 Å². The van der Waals surface area contributed by atoms with Crippen molar-refractivity contribution in [2.24, 2.45) is 17.8 Å². The number of hydrogen-bond acceptors (Lipinski definition) is 2. The van der Waals surface area contributed by atoms with E-state index in [1.54, 1.807) is 0 Å². The fourth-order valence-electron chi connectivity index (χ4n) is 3.21. The molecule has 0 saturated heterocycles. The molecule has 1 saturated carbocycles. The lowest BCUT2D eigenvalue weighted by Crippen LogP contribution is -2.43. The number of rotatable bonds is 3. The van der Waals surface area contributed by atoms with Gasteiger partial charge in [0.25, 0.3) is 0 Å². The predicted molar refractivity (Wildman–Crippen MR) is 82.6 cm³/mol. The molecular weight excluding hydrogens is 252 g/mol. The van der Waals surface area contributed by atoms with Crippen LogP contribution in [0.1, 0.15) is 40.0 Å². The summed E-state index contributed by atoms with van der Waals surface area (Å²) in [7, 11) is -1.69. The van der Waals surface area contributed by atoms with Gasteiger partial charge in [-0.05, 0) is 49.2 Å². The highest BCUT2D eigenvalue weighted by Gasteiger charge is 2.44. The fraction of sp³-hybridized carbons (Fsp3) is 0.875. The van der Waals surface area contributed by atoms with Gasteiger partial charge < -0.3 is 9.53 Å². The maximum atomic E-state index is 10.3. The van der Waals surface area contributed by atoms with E-state index in [1.807, 2.05) is 0 Å². The molecule has 2 rings (SSSR count). The maximum Gasteiger partial charge on any atom is 0.191 e. The summed E-state index contributed by atoms with van der Waals surface area (Å²) < 4.78 is 6.35. The van der Waals surface area contributed by atoms with Crippen molar-refractivity contribution in [3.05, 3.63) is 12.2 Å². The summed E-state index contributed by atoms with van der Waals surface area (Å²) in [5.41, 5.74) is 0. The number of aliphatic hydroxyl groups is 1. The van der Waals surface area contributed by atoms with Crippen molar-refractivity contribution in [2.45, 2.75) is 64.3 Å². The van der Waals surface area contributed by atoms with Gasteiger partial charge in [0.05, 0.1) is 6.10 Å². The van der Waals surface area contributed by atoms with E-state index in [4.69, 9.17) is 4.43 Å². The minimum atomic E-state index is -1.69. The van der Waals surface area contributed by atoms with E-state index in [-0.39, 0.29) is 11.1 Å². The second kappa shape index (κ2) is 5.34. The maximum absolute atomic E-state index is 10.3. The van der Waals surface area contributed by atoms with Crippen molar-refractivity contribution in [1.82, 2.24) is 0 Å². The van der Waals surface area contributed by atoms with E-state index >= 15 is 0 Å². The average Bonchev–Trinajstić information content (AvgIpc) is 2.60. The largest absolute Gasteiger partial charge is 0.416 e. The normalized spacial score (nSPS) is 35.5. The SMILES string of the molecule is CC(C)(C)[Si](C)(C)OC[C@@H]1[C@@H]2CC=CC[C@@H]2C[C@@H]1O. The Labute approximate surface area is 119 Å². The van der Waals surface area contributed by atoms with Crippen LogP contribution in [0.3, 0.4) is 0 Å². The molecule has 3 heteroatoms. The van der Waals surface area contributed by atoms with Crippen molar-refractivity contribution in [3.63, 3.8) is 0 Å². The Balaban J connectivity index is 1.97. The molecule has 0 unspecified atom stereocenters. The summed E-state index contributed by atoms with van der Waals surface area (Å²) >= 11 is 0. The first-order valence-electron chi connectivity index (χ1n) is 7.69. The molecule has 0 aromatic rings. The summed E-state index contributed by atoms with van der Waals surface area (Å²) in [6.07, 6.45) is 7.68. The Morgan fingerprint density at radius 3 is 2.47 bits per heavy atom. The van der Waals surface area contributed by atoms with Gasteiger partial charge in [0, 0.05) is 12.5 Å². The van der Waals surface area contributed by atoms with Crippen molar-refractivity contribution in [3.8, 4) is 0 Å². The molecular formula is C16H30O2Si. The average molecular weight is 282 g/mol. The molecule has 19 heavy (non-hydrogen) atoms. The molecule has 0 aliphatic heterocycles. The molecule has 2 nitrogen and oxygen atoms in total. The molecule has 2 aliphatic carbocycles. The standard InChI is InChI=1S/C16H30O2Si/c1-16(2,3)19(4,5)18-11-14-13-9-7-6-8-12(13)10-15(14)17/h6-7,12-15,17H,8-11H2,1-5H3/t12-,13-,14-,15+/m1/s1. The molecule has 0 aromatic carbocycles. The summed E-state index contributed by atoms with van der Waals surface area (Å²) in [6.45, 7) is 12.2. The van der Waals surface area contributed by atoms with Gasteiger partial charge in [0.15, 0.2) is 8.32 Å². The van der Waals surface area contributed by atoms with Gasteiger partial charge in [-0.2, -0.15) is 0 Å². The van der Waals surface area contributed by atoms with Crippen LogP contribution in [0.15, 0.2) is 12.2 Å². The second-order valence-electron chi connectivity index (χ2n) is 7.90. The van der Waals surface area contributed by atoms with Crippen LogP contribution in [-0.2, 0) is 4.43 Å². The summed E-state index contributed by atoms with van der Waals surface area (Å²) in [5.74, 6) is 1.68. The second-order valence-corrected chi connectivity index (χ2v) is 12.7. The highest BCUT2D eigenvalue weighted by Crippen LogP contribution is 2.45. The zero-order chi connectivity index (χ0) is 14.3. The molecule has 2 aliphatic rings. The smallest absolute Gasteiger partial charge is 0.191 e. The molecule has 0 heterocycles. The van der Waals surface area contributed by atoms with Crippen molar-refractivity contribution in [2.75, 3.05) is 6.61 Å². The summed E-state index contributed by atoms with van der Waals surface area (Å²) in [4.78, 5) is 0. The Hall–Kier alpha value is -0.123. The molecule has 0 spiro atoms. The Bertz CT molecular complexity index is 343. The molecule has 0 aromatic heterocycles. The van der Waals surface area contributed by atoms with E-state index < -0.39 is 8.32 Å². The van der Waals surface area contributed by atoms with Crippen molar-refractivity contribution >= 4 is 8.32 Å². The first-order valence-corrected chi connectivity index (χ1v) is 10.6. The van der Waals surface area contributed by atoms with E-state index in [1.165, 1.54) is 0 Å². The Morgan fingerprint density at radius 1 is 1.21 bits per heavy atom. The third-order valence-corrected chi connectivity index (χ3v) is 10.2. The highest BCUT2D eigenvalue weighted by molar-refractivity contribution is 6.74. The van der Waals surface area contributed by atoms with E-state index in [9.17, 15) is 5.11 Å². The zero-order valence-electron chi connectivity index (χ0n) is 13.1. The number of fused-ring (bicyclic) bond motifs is 1. The topological polar surface area (TPSA) is 29.5 Å². The van der Waals surface area contributed by atoms with Crippen LogP contribution >= 0.6 is 0 Å². The molecule has 1 N–H and O–H groups in total. The third-order valence-electron chi connectivity index (χ3n) is 5.65. The minimum absolute atomic E-state index is 0.153. The van der Waals surface area contributed by atoms with Gasteiger partial charge in [0.2, 0.25) is 0 Å². The lowest BCUT2D eigenvalue weighted by atomic mass is 9.82. The van der Waals surface area contributed by atoms with Gasteiger partial charge in [-0.1, -0.05) is 32.9 Å². The van der Waals surface area contributed by atoms with E-state index in [2.05, 4.69) is 46.0 Å². The zero-order valence-corrected chi connectivity index (χ0v) is 14.1. The first-order chi connectivity index (χ1) is 8.72. The number of allylic oxidation sites excluding steroid dienone is 2. The van der Waals surface area contributed by atoms with Gasteiger partial charge in [-0.25, -0.2) is 0 Å². The van der Waals surface area contributed by atoms with Crippen molar-refractivity contribution in [1.29, 1.82) is 0 Å². The number of hydrogen-bond donors (Lipinski definition) is 1. The van der Waals surface area contributed by atoms with Crippen LogP contribution in [0.5, 0.6) is 0 Å². The lowest BCUT2D eigenvalue weighted by molar-refractivity contribution is 0.0752. The van der Waals surface area contributed by atoms with Gasteiger partial charge in [-0.15, -0.1) is 0 Å². The molecule has 1 fully saturated rings. The number of aliphatic hydroxyl groups excluding tert-OH is 1. The summed E-state index contributed by atoms with van der Waals surface area (Å²) in [6, 6.07) is 0. The molecule has 0 radical (unpaired) electrons. The van der Waals surface area contributed by atoms with Crippen LogP contribution in [0.2, 0.25) is 18.1 Å². The molecule has 0 amide bonds. The minimum Gasteiger partial charge on any atom is -0.416 e. The molecule has 4 atom stereocenters. The van der Waals surface area contributed by atoms with Crippen LogP contribution < -0.4 is 0 Å². The van der Waals surface area contributed by atoms with Crippen LogP contribution in [0.4, 0.5) is 0 Å². The Morgan fingerprint density at radius 2 is 1.84 bits per heavy atom. The van der Waals surface area contributed by atoms with Crippen LogP contribution in [0.25, 0.3) is 0 Å². The first kappa shape index (κ1) is 15.3. The highest BCUT2D eigenvalue weighted by atomic mass is 28.4. The lowest BCUT2D eigenvalue weighted by Gasteiger charge is -2.38. The molecule has 110 valence electrons. The third kappa shape index (κ3) is 3.14. The van der Waals surface area contributed by atoms with Crippen LogP contribution in [0, 0.1) is 17.8 Å².